The van der Waals surface area contributed by atoms with Crippen LogP contribution in [0.3, 0.4) is 0 Å². The molecule has 25 heavy (non-hydrogen) atoms. The van der Waals surface area contributed by atoms with E-state index in [0.29, 0.717) is 28.5 Å². The molecule has 0 aliphatic heterocycles. The van der Waals surface area contributed by atoms with Crippen molar-refractivity contribution in [3.05, 3.63) is 51.6 Å². The molecule has 0 spiro atoms. The van der Waals surface area contributed by atoms with Crippen molar-refractivity contribution in [2.75, 3.05) is 26.6 Å². The quantitative estimate of drug-likeness (QED) is 0.637. The number of ether oxygens (including phenoxy) is 3. The molecule has 2 rings (SSSR count). The highest BCUT2D eigenvalue weighted by Crippen LogP contribution is 2.40. The molecule has 0 aliphatic rings. The van der Waals surface area contributed by atoms with E-state index in [4.69, 9.17) is 14.2 Å². The Morgan fingerprint density at radius 1 is 1.04 bits per heavy atom. The molecule has 0 saturated carbocycles. The van der Waals surface area contributed by atoms with Gasteiger partial charge in [0.15, 0.2) is 11.5 Å². The molecule has 0 atom stereocenters. The number of nitrogens with one attached hydrogen (secondary N) is 1. The van der Waals surface area contributed by atoms with Gasteiger partial charge in [0.1, 0.15) is 0 Å². The van der Waals surface area contributed by atoms with E-state index in [-0.39, 0.29) is 11.3 Å². The van der Waals surface area contributed by atoms with Crippen molar-refractivity contribution in [2.45, 2.75) is 6.92 Å². The van der Waals surface area contributed by atoms with Gasteiger partial charge >= 0.3 is 0 Å². The van der Waals surface area contributed by atoms with Crippen molar-refractivity contribution in [2.24, 2.45) is 0 Å². The second-order valence-corrected chi connectivity index (χ2v) is 5.13. The average Bonchev–Trinajstić information content (AvgIpc) is 2.60. The van der Waals surface area contributed by atoms with Crippen LogP contribution < -0.4 is 19.5 Å². The van der Waals surface area contributed by atoms with Gasteiger partial charge in [0.2, 0.25) is 5.75 Å². The fraction of sp³-hybridized carbons (Fsp3) is 0.235. The largest absolute Gasteiger partial charge is 0.493 e. The molecular formula is C17H18N2O6. The summed E-state index contributed by atoms with van der Waals surface area (Å²) in [6.45, 7) is 1.61. The molecule has 0 aromatic heterocycles. The highest BCUT2D eigenvalue weighted by Gasteiger charge is 2.17. The minimum atomic E-state index is -0.522. The maximum atomic E-state index is 12.4. The molecule has 0 heterocycles. The summed E-state index contributed by atoms with van der Waals surface area (Å²) in [6.07, 6.45) is 0. The van der Waals surface area contributed by atoms with Crippen molar-refractivity contribution in [1.29, 1.82) is 0 Å². The second-order valence-electron chi connectivity index (χ2n) is 5.13. The molecular weight excluding hydrogens is 328 g/mol. The lowest BCUT2D eigenvalue weighted by Crippen LogP contribution is -2.13. The molecule has 1 N–H and O–H groups in total. The third kappa shape index (κ3) is 3.79. The first-order chi connectivity index (χ1) is 11.9. The van der Waals surface area contributed by atoms with Gasteiger partial charge in [0, 0.05) is 35.0 Å². The Labute approximate surface area is 144 Å². The van der Waals surface area contributed by atoms with E-state index in [1.165, 1.54) is 39.5 Å². The van der Waals surface area contributed by atoms with Crippen molar-refractivity contribution < 1.29 is 23.9 Å². The Morgan fingerprint density at radius 2 is 1.64 bits per heavy atom. The number of nitrogens with zero attached hydrogens (tertiary/aromatic N) is 1. The minimum Gasteiger partial charge on any atom is -0.493 e. The first kappa shape index (κ1) is 18.1. The number of carbonyl (C=O) groups excluding carboxylic acids is 1. The Hall–Kier alpha value is -3.29. The number of nitro groups is 1. The van der Waals surface area contributed by atoms with Crippen molar-refractivity contribution in [3.8, 4) is 17.2 Å². The number of anilines is 1. The first-order valence-electron chi connectivity index (χ1n) is 7.27. The SMILES string of the molecule is COc1cc(NC(=O)c2ccc(C)c([N+](=O)[O-])c2)cc(OC)c1OC. The fourth-order valence-electron chi connectivity index (χ4n) is 2.30. The van der Waals surface area contributed by atoms with Gasteiger partial charge in [-0.2, -0.15) is 0 Å². The van der Waals surface area contributed by atoms with Gasteiger partial charge < -0.3 is 19.5 Å². The highest BCUT2D eigenvalue weighted by atomic mass is 16.6. The van der Waals surface area contributed by atoms with Gasteiger partial charge in [-0.1, -0.05) is 6.07 Å². The molecule has 132 valence electrons. The van der Waals surface area contributed by atoms with Crippen molar-refractivity contribution >= 4 is 17.3 Å². The van der Waals surface area contributed by atoms with E-state index in [9.17, 15) is 14.9 Å². The minimum absolute atomic E-state index is 0.113. The number of carbonyl (C=O) groups is 1. The van der Waals surface area contributed by atoms with Crippen LogP contribution in [0.1, 0.15) is 15.9 Å². The summed E-state index contributed by atoms with van der Waals surface area (Å²) in [5.74, 6) is 0.672. The number of rotatable bonds is 6. The number of amides is 1. The Balaban J connectivity index is 2.35. The van der Waals surface area contributed by atoms with E-state index >= 15 is 0 Å². The molecule has 0 unspecified atom stereocenters. The molecule has 0 aliphatic carbocycles. The average molecular weight is 346 g/mol. The summed E-state index contributed by atoms with van der Waals surface area (Å²) >= 11 is 0. The van der Waals surface area contributed by atoms with Gasteiger partial charge in [0.25, 0.3) is 11.6 Å². The van der Waals surface area contributed by atoms with Gasteiger partial charge in [0.05, 0.1) is 26.3 Å². The molecule has 0 radical (unpaired) electrons. The molecule has 0 bridgehead atoms. The van der Waals surface area contributed by atoms with Crippen LogP contribution in [0.5, 0.6) is 17.2 Å². The van der Waals surface area contributed by atoms with Gasteiger partial charge in [-0.25, -0.2) is 0 Å². The van der Waals surface area contributed by atoms with Crippen LogP contribution in [0.15, 0.2) is 30.3 Å². The number of benzene rings is 2. The standard InChI is InChI=1S/C17H18N2O6/c1-10-5-6-11(7-13(10)19(21)22)17(20)18-12-8-14(23-2)16(25-4)15(9-12)24-3/h5-9H,1-4H3,(H,18,20). The topological polar surface area (TPSA) is 99.9 Å². The summed E-state index contributed by atoms with van der Waals surface area (Å²) in [7, 11) is 4.41. The van der Waals surface area contributed by atoms with E-state index in [0.717, 1.165) is 0 Å². The highest BCUT2D eigenvalue weighted by molar-refractivity contribution is 6.05. The van der Waals surface area contributed by atoms with Gasteiger partial charge in [-0.3, -0.25) is 14.9 Å². The lowest BCUT2D eigenvalue weighted by molar-refractivity contribution is -0.385. The van der Waals surface area contributed by atoms with Crippen LogP contribution in [0.2, 0.25) is 0 Å². The van der Waals surface area contributed by atoms with Crippen molar-refractivity contribution in [1.82, 2.24) is 0 Å². The van der Waals surface area contributed by atoms with Crippen LogP contribution in [-0.2, 0) is 0 Å². The van der Waals surface area contributed by atoms with Crippen LogP contribution in [-0.4, -0.2) is 32.2 Å². The zero-order chi connectivity index (χ0) is 18.6. The Morgan fingerprint density at radius 3 is 2.12 bits per heavy atom. The molecule has 8 heteroatoms. The third-order valence-electron chi connectivity index (χ3n) is 3.59. The van der Waals surface area contributed by atoms with Crippen LogP contribution in [0.4, 0.5) is 11.4 Å². The molecule has 1 amide bonds. The van der Waals surface area contributed by atoms with Crippen molar-refractivity contribution in [3.63, 3.8) is 0 Å². The third-order valence-corrected chi connectivity index (χ3v) is 3.59. The number of methoxy groups -OCH3 is 3. The predicted molar refractivity (Wildman–Crippen MR) is 91.9 cm³/mol. The van der Waals surface area contributed by atoms with Gasteiger partial charge in [-0.05, 0) is 13.0 Å². The molecule has 0 fully saturated rings. The monoisotopic (exact) mass is 346 g/mol. The van der Waals surface area contributed by atoms with E-state index in [2.05, 4.69) is 5.32 Å². The summed E-state index contributed by atoms with van der Waals surface area (Å²) in [5, 5.41) is 13.7. The van der Waals surface area contributed by atoms with Crippen LogP contribution >= 0.6 is 0 Å². The van der Waals surface area contributed by atoms with Crippen LogP contribution in [0.25, 0.3) is 0 Å². The smallest absolute Gasteiger partial charge is 0.273 e. The van der Waals surface area contributed by atoms with E-state index < -0.39 is 10.8 Å². The zero-order valence-electron chi connectivity index (χ0n) is 14.3. The molecule has 8 nitrogen and oxygen atoms in total. The summed E-state index contributed by atoms with van der Waals surface area (Å²) in [4.78, 5) is 22.9. The number of hydrogen-bond donors (Lipinski definition) is 1. The number of aryl methyl sites for hydroxylation is 1. The first-order valence-corrected chi connectivity index (χ1v) is 7.27. The Bertz CT molecular complexity index is 794. The summed E-state index contributed by atoms with van der Waals surface area (Å²) < 4.78 is 15.7. The number of hydrogen-bond acceptors (Lipinski definition) is 6. The molecule has 2 aromatic carbocycles. The second kappa shape index (κ2) is 7.52. The fourth-order valence-corrected chi connectivity index (χ4v) is 2.30. The lowest BCUT2D eigenvalue weighted by atomic mass is 10.1. The predicted octanol–water partition coefficient (Wildman–Crippen LogP) is 3.18. The van der Waals surface area contributed by atoms with E-state index in [1.54, 1.807) is 19.1 Å². The Kier molecular flexibility index (Phi) is 5.43. The van der Waals surface area contributed by atoms with Crippen LogP contribution in [0, 0.1) is 17.0 Å². The normalized spacial score (nSPS) is 10.1. The summed E-state index contributed by atoms with van der Waals surface area (Å²) in [5.41, 5.74) is 0.945. The van der Waals surface area contributed by atoms with Gasteiger partial charge in [-0.15, -0.1) is 0 Å². The molecule has 2 aromatic rings. The molecule has 0 saturated heterocycles. The number of nitro benzene ring substituents is 1. The maximum Gasteiger partial charge on any atom is 0.273 e. The van der Waals surface area contributed by atoms with E-state index in [1.807, 2.05) is 0 Å². The maximum absolute atomic E-state index is 12.4. The lowest BCUT2D eigenvalue weighted by Gasteiger charge is -2.14. The summed E-state index contributed by atoms with van der Waals surface area (Å²) in [6, 6.07) is 7.43. The zero-order valence-corrected chi connectivity index (χ0v) is 14.3.